The zero-order valence-electron chi connectivity index (χ0n) is 37.3. The molecule has 0 bridgehead atoms. The quantitative estimate of drug-likeness (QED) is 0.0324. The third kappa shape index (κ3) is 12.0. The van der Waals surface area contributed by atoms with E-state index in [1.54, 1.807) is 7.11 Å². The normalized spacial score (nSPS) is 11.3. The minimum atomic E-state index is 0.568. The van der Waals surface area contributed by atoms with E-state index in [4.69, 9.17) is 13.9 Å². The summed E-state index contributed by atoms with van der Waals surface area (Å²) in [7, 11) is 1.79. The van der Waals surface area contributed by atoms with Gasteiger partial charge in [0, 0.05) is 84.3 Å². The van der Waals surface area contributed by atoms with E-state index < -0.39 is 0 Å². The molecular weight excluding hydrogens is 789 g/mol. The van der Waals surface area contributed by atoms with Gasteiger partial charge in [0.25, 0.3) is 0 Å². The summed E-state index contributed by atoms with van der Waals surface area (Å²) in [4.78, 5) is 7.33. The lowest BCUT2D eigenvalue weighted by atomic mass is 9.93. The molecule has 0 saturated heterocycles. The summed E-state index contributed by atoms with van der Waals surface area (Å²) in [5.74, 6) is 9.30. The van der Waals surface area contributed by atoms with Gasteiger partial charge in [-0.1, -0.05) is 32.9 Å². The zero-order chi connectivity index (χ0) is 42.1. The monoisotopic (exact) mass is 857 g/mol. The van der Waals surface area contributed by atoms with Gasteiger partial charge in [-0.2, -0.15) is 35.3 Å². The molecule has 0 spiro atoms. The summed E-state index contributed by atoms with van der Waals surface area (Å²) in [6.45, 7) is 25.7. The third-order valence-corrected chi connectivity index (χ3v) is 13.6. The molecule has 0 fully saturated rings. The lowest BCUT2D eigenvalue weighted by Crippen LogP contribution is -2.32. The summed E-state index contributed by atoms with van der Waals surface area (Å²) in [6.07, 6.45) is 0. The number of ether oxygens (including phenoxy) is 2. The van der Waals surface area contributed by atoms with Crippen molar-refractivity contribution < 1.29 is 13.9 Å². The van der Waals surface area contributed by atoms with Gasteiger partial charge in [0.05, 0.1) is 31.1 Å². The Bertz CT molecular complexity index is 2080. The molecule has 0 unspecified atom stereocenters. The smallest absolute Gasteiger partial charge is 0.203 e. The molecule has 5 rings (SSSR count). The minimum Gasteiger partial charge on any atom is -0.495 e. The van der Waals surface area contributed by atoms with Gasteiger partial charge in [-0.15, -0.1) is 0 Å². The molecule has 1 aliphatic heterocycles. The molecule has 59 heavy (non-hydrogen) atoms. The van der Waals surface area contributed by atoms with Crippen LogP contribution in [0.4, 0.5) is 17.1 Å². The molecule has 0 N–H and O–H groups in total. The molecule has 320 valence electrons. The van der Waals surface area contributed by atoms with Crippen molar-refractivity contribution in [3.63, 3.8) is 0 Å². The van der Waals surface area contributed by atoms with Gasteiger partial charge < -0.3 is 28.6 Å². The number of aryl methyl sites for hydroxylation is 1. The molecule has 3 aromatic carbocycles. The highest BCUT2D eigenvalue weighted by atomic mass is 32.2. The van der Waals surface area contributed by atoms with Gasteiger partial charge in [0.2, 0.25) is 5.36 Å². The highest BCUT2D eigenvalue weighted by Gasteiger charge is 2.22. The standard InChI is InChI=1S/C49H69N4O3S3/c1-10-50(11-2)39-19-21-41-45(35-39)56-46-36-40(51(12-3)13-4)20-22-42(46)49(41)38-18-24-43(47(34-38)54-9)52(26-30-57-14-5)25-29-55-48-33-37(8)17-23-44(48)53(27-31-58-15-6)28-32-59-16-7/h17-24,33-36H,10-16,25-32H2,1-9H3/q+1. The van der Waals surface area contributed by atoms with E-state index in [1.807, 2.05) is 35.3 Å². The highest BCUT2D eigenvalue weighted by Crippen LogP contribution is 2.43. The van der Waals surface area contributed by atoms with Gasteiger partial charge in [-0.3, -0.25) is 0 Å². The number of rotatable bonds is 25. The first kappa shape index (κ1) is 46.5. The van der Waals surface area contributed by atoms with E-state index in [0.29, 0.717) is 6.61 Å². The molecule has 10 heteroatoms. The van der Waals surface area contributed by atoms with Gasteiger partial charge in [-0.05, 0) is 105 Å². The number of hydrogen-bond acceptors (Lipinski definition) is 9. The van der Waals surface area contributed by atoms with Crippen LogP contribution >= 0.6 is 35.3 Å². The Hall–Kier alpha value is -3.60. The number of nitrogens with zero attached hydrogens (tertiary/aromatic N) is 4. The first-order valence-corrected chi connectivity index (χ1v) is 25.3. The molecule has 3 aromatic rings. The van der Waals surface area contributed by atoms with Crippen LogP contribution in [0.5, 0.6) is 11.5 Å². The molecule has 0 saturated carbocycles. The van der Waals surface area contributed by atoms with Gasteiger partial charge in [0.15, 0.2) is 0 Å². The van der Waals surface area contributed by atoms with Crippen LogP contribution in [0, 0.1) is 6.92 Å². The maximum atomic E-state index is 6.79. The molecule has 0 aromatic heterocycles. The molecule has 1 heterocycles. The van der Waals surface area contributed by atoms with Crippen molar-refractivity contribution in [3.05, 3.63) is 83.7 Å². The maximum Gasteiger partial charge on any atom is 0.203 e. The van der Waals surface area contributed by atoms with Crippen molar-refractivity contribution in [1.82, 2.24) is 4.58 Å². The van der Waals surface area contributed by atoms with Gasteiger partial charge in [0.1, 0.15) is 42.5 Å². The van der Waals surface area contributed by atoms with Crippen LogP contribution in [0.3, 0.4) is 0 Å². The lowest BCUT2D eigenvalue weighted by molar-refractivity contribution is 0.323. The molecule has 0 amide bonds. The second kappa shape index (κ2) is 24.0. The Balaban J connectivity index is 1.52. The van der Waals surface area contributed by atoms with Crippen LogP contribution in [0.25, 0.3) is 33.4 Å². The maximum absolute atomic E-state index is 6.79. The average Bonchev–Trinajstić information content (AvgIpc) is 3.25. The largest absolute Gasteiger partial charge is 0.495 e. The Morgan fingerprint density at radius 1 is 0.627 bits per heavy atom. The van der Waals surface area contributed by atoms with Crippen molar-refractivity contribution in [2.24, 2.45) is 0 Å². The van der Waals surface area contributed by atoms with Crippen molar-refractivity contribution in [2.75, 3.05) is 115 Å². The Kier molecular flexibility index (Phi) is 18.9. The number of fused-ring (bicyclic) bond motifs is 2. The van der Waals surface area contributed by atoms with Gasteiger partial charge in [-0.25, -0.2) is 4.58 Å². The summed E-state index contributed by atoms with van der Waals surface area (Å²) in [5, 5.41) is 2.26. The van der Waals surface area contributed by atoms with Crippen LogP contribution in [0.1, 0.15) is 54.0 Å². The number of methoxy groups -OCH3 is 1. The first-order valence-electron chi connectivity index (χ1n) is 21.8. The van der Waals surface area contributed by atoms with Crippen LogP contribution in [-0.4, -0.2) is 101 Å². The number of hydrogen-bond donors (Lipinski definition) is 0. The fourth-order valence-corrected chi connectivity index (χ4v) is 9.68. The van der Waals surface area contributed by atoms with Crippen LogP contribution in [0.15, 0.2) is 77.2 Å². The SMILES string of the molecule is CCSCCN(CCOc1cc(C)ccc1N(CCSCC)CCSCC)c1ccc(-c2c3ccc(=[N+](CC)CC)cc-3oc3cc(N(CC)CC)ccc23)cc1OC. The van der Waals surface area contributed by atoms with Crippen molar-refractivity contribution >= 4 is 63.3 Å². The average molecular weight is 858 g/mol. The van der Waals surface area contributed by atoms with Crippen LogP contribution < -0.4 is 34.1 Å². The summed E-state index contributed by atoms with van der Waals surface area (Å²) >= 11 is 5.97. The summed E-state index contributed by atoms with van der Waals surface area (Å²) < 4.78 is 22.2. The molecule has 0 atom stereocenters. The van der Waals surface area contributed by atoms with Crippen LogP contribution in [0.2, 0.25) is 0 Å². The number of benzene rings is 4. The number of anilines is 3. The highest BCUT2D eigenvalue weighted by molar-refractivity contribution is 7.99. The van der Waals surface area contributed by atoms with E-state index in [1.165, 1.54) is 22.3 Å². The zero-order valence-corrected chi connectivity index (χ0v) is 39.7. The summed E-state index contributed by atoms with van der Waals surface area (Å²) in [5.41, 5.74) is 8.90. The third-order valence-electron chi connectivity index (χ3n) is 11.0. The molecular formula is C49H69N4O3S3+. The van der Waals surface area contributed by atoms with E-state index in [-0.39, 0.29) is 0 Å². The fourth-order valence-electron chi connectivity index (χ4n) is 7.77. The van der Waals surface area contributed by atoms with Gasteiger partial charge >= 0.3 is 0 Å². The number of thioether (sulfide) groups is 3. The van der Waals surface area contributed by atoms with E-state index in [2.05, 4.69) is 147 Å². The minimum absolute atomic E-state index is 0.568. The Morgan fingerprint density at radius 3 is 1.86 bits per heavy atom. The molecule has 1 aliphatic carbocycles. The van der Waals surface area contributed by atoms with E-state index in [0.717, 1.165) is 137 Å². The van der Waals surface area contributed by atoms with Crippen molar-refractivity contribution in [1.29, 1.82) is 0 Å². The molecule has 7 nitrogen and oxygen atoms in total. The second-order valence-corrected chi connectivity index (χ2v) is 18.6. The predicted molar refractivity (Wildman–Crippen MR) is 265 cm³/mol. The topological polar surface area (TPSA) is 44.3 Å². The van der Waals surface area contributed by atoms with E-state index in [9.17, 15) is 0 Å². The first-order chi connectivity index (χ1) is 28.8. The fraction of sp³-hybridized carbons (Fsp3) is 0.490. The van der Waals surface area contributed by atoms with Crippen molar-refractivity contribution in [3.8, 4) is 33.9 Å². The Morgan fingerprint density at radius 2 is 1.25 bits per heavy atom. The lowest BCUT2D eigenvalue weighted by Gasteiger charge is -2.29. The molecule has 2 aliphatic rings. The predicted octanol–water partition coefficient (Wildman–Crippen LogP) is 11.1. The molecule has 0 radical (unpaired) electrons. The second-order valence-electron chi connectivity index (χ2n) is 14.5. The Labute approximate surface area is 368 Å². The van der Waals surface area contributed by atoms with Crippen LogP contribution in [-0.2, 0) is 0 Å². The van der Waals surface area contributed by atoms with E-state index >= 15 is 0 Å². The van der Waals surface area contributed by atoms with Crippen molar-refractivity contribution in [2.45, 2.75) is 55.4 Å². The summed E-state index contributed by atoms with van der Waals surface area (Å²) in [6, 6.07) is 26.8.